The van der Waals surface area contributed by atoms with Crippen LogP contribution < -0.4 is 5.73 Å². The first kappa shape index (κ1) is 22.8. The number of rotatable bonds is 8. The molecule has 7 nitrogen and oxygen atoms in total. The van der Waals surface area contributed by atoms with Gasteiger partial charge in [-0.05, 0) is 38.5 Å². The highest BCUT2D eigenvalue weighted by Gasteiger charge is 2.19. The molecular formula is C23H28N4O3S. The van der Waals surface area contributed by atoms with Crippen molar-refractivity contribution in [3.05, 3.63) is 53.0 Å². The average Bonchev–Trinajstić information content (AvgIpc) is 3.12. The summed E-state index contributed by atoms with van der Waals surface area (Å²) in [6.07, 6.45) is 0.294. The van der Waals surface area contributed by atoms with Crippen molar-refractivity contribution in [2.24, 2.45) is 0 Å². The SMILES string of the molecule is CCOCc1nc2c(N)nc(C)c(C)c2n1CCS(=O)(=O)CCC#Cc1ccccc1. The number of benzene rings is 1. The van der Waals surface area contributed by atoms with Gasteiger partial charge in [0.2, 0.25) is 0 Å². The number of imidazole rings is 1. The zero-order chi connectivity index (χ0) is 22.4. The predicted octanol–water partition coefficient (Wildman–Crippen LogP) is 3.02. The minimum absolute atomic E-state index is 0.00861. The Morgan fingerprint density at radius 3 is 2.58 bits per heavy atom. The van der Waals surface area contributed by atoms with Crippen LogP contribution in [0.4, 0.5) is 5.82 Å². The Bertz CT molecular complexity index is 1220. The first-order chi connectivity index (χ1) is 14.8. The summed E-state index contributed by atoms with van der Waals surface area (Å²) in [6, 6.07) is 9.53. The lowest BCUT2D eigenvalue weighted by molar-refractivity contribution is 0.126. The molecule has 0 radical (unpaired) electrons. The number of nitrogens with two attached hydrogens (primary N) is 1. The van der Waals surface area contributed by atoms with Crippen LogP contribution in [0.3, 0.4) is 0 Å². The fourth-order valence-corrected chi connectivity index (χ4v) is 4.39. The zero-order valence-electron chi connectivity index (χ0n) is 18.2. The number of hydrogen-bond donors (Lipinski definition) is 1. The number of nitrogen functional groups attached to an aromatic ring is 1. The molecule has 2 N–H and O–H groups in total. The lowest BCUT2D eigenvalue weighted by atomic mass is 10.2. The molecular weight excluding hydrogens is 412 g/mol. The van der Waals surface area contributed by atoms with Gasteiger partial charge in [0.1, 0.15) is 17.9 Å². The number of aryl methyl sites for hydroxylation is 3. The summed E-state index contributed by atoms with van der Waals surface area (Å²) in [4.78, 5) is 8.94. The lowest BCUT2D eigenvalue weighted by Gasteiger charge is -2.12. The quantitative estimate of drug-likeness (QED) is 0.541. The van der Waals surface area contributed by atoms with Crippen LogP contribution in [0.2, 0.25) is 0 Å². The van der Waals surface area contributed by atoms with Gasteiger partial charge in [0.15, 0.2) is 15.7 Å². The number of pyridine rings is 1. The number of aromatic nitrogens is 3. The largest absolute Gasteiger partial charge is 0.382 e. The van der Waals surface area contributed by atoms with Gasteiger partial charge in [0.05, 0.1) is 17.0 Å². The van der Waals surface area contributed by atoms with Crippen LogP contribution in [-0.2, 0) is 27.7 Å². The molecule has 0 saturated heterocycles. The first-order valence-corrected chi connectivity index (χ1v) is 12.1. The van der Waals surface area contributed by atoms with E-state index in [4.69, 9.17) is 10.5 Å². The van der Waals surface area contributed by atoms with E-state index in [0.717, 1.165) is 22.3 Å². The van der Waals surface area contributed by atoms with Gasteiger partial charge >= 0.3 is 0 Å². The van der Waals surface area contributed by atoms with Crippen LogP contribution in [0.15, 0.2) is 30.3 Å². The van der Waals surface area contributed by atoms with Crippen molar-refractivity contribution < 1.29 is 13.2 Å². The van der Waals surface area contributed by atoms with Crippen LogP contribution in [0.25, 0.3) is 11.0 Å². The molecule has 0 fully saturated rings. The Morgan fingerprint density at radius 2 is 1.87 bits per heavy atom. The maximum Gasteiger partial charge on any atom is 0.152 e. The van der Waals surface area contributed by atoms with E-state index in [1.165, 1.54) is 0 Å². The monoisotopic (exact) mass is 440 g/mol. The lowest BCUT2D eigenvalue weighted by Crippen LogP contribution is -2.18. The molecule has 0 unspecified atom stereocenters. The molecule has 3 aromatic rings. The molecule has 3 rings (SSSR count). The minimum Gasteiger partial charge on any atom is -0.382 e. The van der Waals surface area contributed by atoms with Gasteiger partial charge in [0, 0.05) is 30.8 Å². The third kappa shape index (κ3) is 5.63. The van der Waals surface area contributed by atoms with Gasteiger partial charge in [-0.3, -0.25) is 0 Å². The van der Waals surface area contributed by atoms with E-state index >= 15 is 0 Å². The number of nitrogens with zero attached hydrogens (tertiary/aromatic N) is 3. The normalized spacial score (nSPS) is 11.5. The van der Waals surface area contributed by atoms with Crippen molar-refractivity contribution in [2.45, 2.75) is 40.3 Å². The molecule has 0 aliphatic carbocycles. The van der Waals surface area contributed by atoms with E-state index in [0.29, 0.717) is 30.2 Å². The zero-order valence-corrected chi connectivity index (χ0v) is 19.0. The predicted molar refractivity (Wildman–Crippen MR) is 123 cm³/mol. The Labute approximate surface area is 183 Å². The molecule has 2 aromatic heterocycles. The van der Waals surface area contributed by atoms with Crippen LogP contribution >= 0.6 is 0 Å². The molecule has 164 valence electrons. The summed E-state index contributed by atoms with van der Waals surface area (Å²) in [6.45, 7) is 6.82. The van der Waals surface area contributed by atoms with Crippen LogP contribution in [0.1, 0.15) is 36.0 Å². The second kappa shape index (κ2) is 9.94. The molecule has 2 heterocycles. The van der Waals surface area contributed by atoms with Gasteiger partial charge < -0.3 is 15.0 Å². The Kier molecular flexibility index (Phi) is 7.31. The van der Waals surface area contributed by atoms with Crippen molar-refractivity contribution in [1.29, 1.82) is 0 Å². The van der Waals surface area contributed by atoms with E-state index in [-0.39, 0.29) is 24.7 Å². The highest BCUT2D eigenvalue weighted by atomic mass is 32.2. The Hall–Kier alpha value is -2.89. The highest BCUT2D eigenvalue weighted by Crippen LogP contribution is 2.26. The van der Waals surface area contributed by atoms with Crippen LogP contribution in [0, 0.1) is 25.7 Å². The maximum atomic E-state index is 12.6. The van der Waals surface area contributed by atoms with E-state index in [1.54, 1.807) is 0 Å². The van der Waals surface area contributed by atoms with Crippen LogP contribution in [-0.4, -0.2) is 41.1 Å². The summed E-state index contributed by atoms with van der Waals surface area (Å²) in [5.41, 5.74) is 10.1. The maximum absolute atomic E-state index is 12.6. The second-order valence-electron chi connectivity index (χ2n) is 7.29. The van der Waals surface area contributed by atoms with Crippen molar-refractivity contribution >= 4 is 26.7 Å². The molecule has 0 atom stereocenters. The molecule has 1 aromatic carbocycles. The van der Waals surface area contributed by atoms with Crippen LogP contribution in [0.5, 0.6) is 0 Å². The number of ether oxygens (including phenoxy) is 1. The smallest absolute Gasteiger partial charge is 0.152 e. The number of anilines is 1. The van der Waals surface area contributed by atoms with Gasteiger partial charge in [-0.15, -0.1) is 0 Å². The average molecular weight is 441 g/mol. The minimum atomic E-state index is -3.29. The fourth-order valence-electron chi connectivity index (χ4n) is 3.32. The standard InChI is InChI=1S/C23H28N4O3S/c1-4-30-16-20-26-21-22(17(2)18(3)25-23(21)24)27(20)13-15-31(28,29)14-9-8-12-19-10-6-5-7-11-19/h5-7,10-11H,4,9,13-16H2,1-3H3,(H2,24,25). The van der Waals surface area contributed by atoms with Crippen molar-refractivity contribution in [3.8, 4) is 11.8 Å². The van der Waals surface area contributed by atoms with E-state index < -0.39 is 9.84 Å². The number of hydrogen-bond acceptors (Lipinski definition) is 6. The first-order valence-electron chi connectivity index (χ1n) is 10.3. The summed E-state index contributed by atoms with van der Waals surface area (Å²) in [7, 11) is -3.29. The summed E-state index contributed by atoms with van der Waals surface area (Å²) in [5, 5.41) is 0. The van der Waals surface area contributed by atoms with E-state index in [9.17, 15) is 8.42 Å². The van der Waals surface area contributed by atoms with Crippen molar-refractivity contribution in [3.63, 3.8) is 0 Å². The van der Waals surface area contributed by atoms with Gasteiger partial charge in [0.25, 0.3) is 0 Å². The summed E-state index contributed by atoms with van der Waals surface area (Å²) in [5.74, 6) is 6.95. The third-order valence-electron chi connectivity index (χ3n) is 5.08. The van der Waals surface area contributed by atoms with E-state index in [1.807, 2.05) is 55.7 Å². The van der Waals surface area contributed by atoms with Crippen molar-refractivity contribution in [1.82, 2.24) is 14.5 Å². The second-order valence-corrected chi connectivity index (χ2v) is 9.59. The molecule has 0 spiro atoms. The van der Waals surface area contributed by atoms with Gasteiger partial charge in [-0.2, -0.15) is 0 Å². The Morgan fingerprint density at radius 1 is 1.13 bits per heavy atom. The molecule has 0 saturated carbocycles. The van der Waals surface area contributed by atoms with Crippen molar-refractivity contribution in [2.75, 3.05) is 23.8 Å². The van der Waals surface area contributed by atoms with Gasteiger partial charge in [-0.1, -0.05) is 30.0 Å². The number of fused-ring (bicyclic) bond motifs is 1. The summed E-state index contributed by atoms with van der Waals surface area (Å²) >= 11 is 0. The summed E-state index contributed by atoms with van der Waals surface area (Å²) < 4.78 is 32.7. The molecule has 0 aliphatic heterocycles. The number of sulfone groups is 1. The topological polar surface area (TPSA) is 100 Å². The Balaban J connectivity index is 1.78. The van der Waals surface area contributed by atoms with E-state index in [2.05, 4.69) is 21.8 Å². The fraction of sp³-hybridized carbons (Fsp3) is 0.391. The van der Waals surface area contributed by atoms with Gasteiger partial charge in [-0.25, -0.2) is 18.4 Å². The third-order valence-corrected chi connectivity index (χ3v) is 6.71. The molecule has 0 amide bonds. The highest BCUT2D eigenvalue weighted by molar-refractivity contribution is 7.91. The molecule has 31 heavy (non-hydrogen) atoms. The molecule has 0 aliphatic rings. The molecule has 8 heteroatoms. The molecule has 0 bridgehead atoms.